The van der Waals surface area contributed by atoms with Gasteiger partial charge in [0.05, 0.1) is 12.1 Å². The first kappa shape index (κ1) is 17.2. The number of carbonyl (C=O) groups excluding carboxylic acids is 2. The van der Waals surface area contributed by atoms with Crippen LogP contribution in [0.4, 0.5) is 0 Å². The molecule has 2 heterocycles. The van der Waals surface area contributed by atoms with E-state index in [0.29, 0.717) is 37.3 Å². The topological polar surface area (TPSA) is 58.6 Å². The zero-order chi connectivity index (χ0) is 18.4. The third kappa shape index (κ3) is 3.38. The molecule has 4 aliphatic rings. The van der Waals surface area contributed by atoms with Crippen LogP contribution in [0, 0.1) is 5.92 Å². The molecule has 2 amide bonds. The molecule has 5 nitrogen and oxygen atoms in total. The molecule has 2 aliphatic carbocycles. The Morgan fingerprint density at radius 3 is 2.59 bits per heavy atom. The predicted molar refractivity (Wildman–Crippen MR) is 101 cm³/mol. The van der Waals surface area contributed by atoms with Gasteiger partial charge in [0.2, 0.25) is 11.8 Å². The van der Waals surface area contributed by atoms with Crippen LogP contribution in [-0.2, 0) is 14.3 Å². The van der Waals surface area contributed by atoms with Gasteiger partial charge in [0.1, 0.15) is 6.04 Å². The van der Waals surface area contributed by atoms with Crippen LogP contribution in [0.2, 0.25) is 0 Å². The van der Waals surface area contributed by atoms with E-state index in [0.717, 1.165) is 32.1 Å². The lowest BCUT2D eigenvalue weighted by Crippen LogP contribution is -2.50. The molecule has 5 heteroatoms. The Bertz CT molecular complexity index is 712. The molecule has 2 aliphatic heterocycles. The van der Waals surface area contributed by atoms with Gasteiger partial charge in [-0.25, -0.2) is 0 Å². The molecule has 0 unspecified atom stereocenters. The number of benzene rings is 1. The van der Waals surface area contributed by atoms with E-state index >= 15 is 0 Å². The number of amides is 2. The fraction of sp³-hybridized carbons (Fsp3) is 0.636. The van der Waals surface area contributed by atoms with Crippen LogP contribution in [0.25, 0.3) is 0 Å². The van der Waals surface area contributed by atoms with Crippen molar-refractivity contribution in [1.82, 2.24) is 10.2 Å². The summed E-state index contributed by atoms with van der Waals surface area (Å²) in [5.41, 5.74) is 1.38. The largest absolute Gasteiger partial charge is 0.376 e. The van der Waals surface area contributed by atoms with Crippen LogP contribution in [0.3, 0.4) is 0 Å². The second kappa shape index (κ2) is 6.93. The summed E-state index contributed by atoms with van der Waals surface area (Å²) in [4.78, 5) is 27.7. The number of hydrogen-bond acceptors (Lipinski definition) is 3. The van der Waals surface area contributed by atoms with Gasteiger partial charge in [0, 0.05) is 25.5 Å². The van der Waals surface area contributed by atoms with Crippen LogP contribution in [0.15, 0.2) is 30.3 Å². The van der Waals surface area contributed by atoms with Crippen LogP contribution >= 0.6 is 0 Å². The summed E-state index contributed by atoms with van der Waals surface area (Å²) in [7, 11) is 0. The first-order valence-corrected chi connectivity index (χ1v) is 10.5. The zero-order valence-electron chi connectivity index (χ0n) is 15.7. The quantitative estimate of drug-likeness (QED) is 0.869. The van der Waals surface area contributed by atoms with E-state index in [9.17, 15) is 9.59 Å². The van der Waals surface area contributed by atoms with Gasteiger partial charge in [0.25, 0.3) is 0 Å². The Morgan fingerprint density at radius 2 is 1.85 bits per heavy atom. The highest BCUT2D eigenvalue weighted by molar-refractivity contribution is 5.89. The SMILES string of the molecule is O=C(NC1CC1)[C@@H]1C[C@@H]2OCC[C@@H]2N1C(=O)CC1CC(c2ccccc2)C1. The van der Waals surface area contributed by atoms with Gasteiger partial charge >= 0.3 is 0 Å². The van der Waals surface area contributed by atoms with Gasteiger partial charge in [-0.15, -0.1) is 0 Å². The Morgan fingerprint density at radius 1 is 1.07 bits per heavy atom. The molecule has 144 valence electrons. The maximum absolute atomic E-state index is 13.1. The van der Waals surface area contributed by atoms with Crippen LogP contribution < -0.4 is 5.32 Å². The van der Waals surface area contributed by atoms with Crippen molar-refractivity contribution in [3.63, 3.8) is 0 Å². The minimum atomic E-state index is -0.335. The highest BCUT2D eigenvalue weighted by Gasteiger charge is 2.50. The first-order chi connectivity index (χ1) is 13.2. The van der Waals surface area contributed by atoms with E-state index in [-0.39, 0.29) is 30.0 Å². The Hall–Kier alpha value is -1.88. The lowest BCUT2D eigenvalue weighted by molar-refractivity contribution is -0.141. The van der Waals surface area contributed by atoms with E-state index in [1.54, 1.807) is 0 Å². The van der Waals surface area contributed by atoms with Crippen molar-refractivity contribution < 1.29 is 14.3 Å². The number of rotatable bonds is 5. The Labute approximate surface area is 160 Å². The molecular weight excluding hydrogens is 340 g/mol. The molecule has 4 fully saturated rings. The number of likely N-dealkylation sites (tertiary alicyclic amines) is 1. The summed E-state index contributed by atoms with van der Waals surface area (Å²) in [5.74, 6) is 1.20. The molecule has 5 rings (SSSR count). The molecule has 0 spiro atoms. The lowest BCUT2D eigenvalue weighted by atomic mass is 9.70. The molecule has 1 aromatic carbocycles. The molecule has 2 saturated heterocycles. The van der Waals surface area contributed by atoms with Crippen LogP contribution in [0.5, 0.6) is 0 Å². The van der Waals surface area contributed by atoms with E-state index in [1.165, 1.54) is 5.56 Å². The average molecular weight is 368 g/mol. The molecular formula is C22H28N2O3. The van der Waals surface area contributed by atoms with E-state index in [2.05, 4.69) is 29.6 Å². The zero-order valence-corrected chi connectivity index (χ0v) is 15.7. The van der Waals surface area contributed by atoms with Gasteiger partial charge in [-0.2, -0.15) is 0 Å². The maximum Gasteiger partial charge on any atom is 0.243 e. The van der Waals surface area contributed by atoms with Crippen molar-refractivity contribution in [2.75, 3.05) is 6.61 Å². The summed E-state index contributed by atoms with van der Waals surface area (Å²) < 4.78 is 5.80. The van der Waals surface area contributed by atoms with Gasteiger partial charge in [-0.1, -0.05) is 30.3 Å². The fourth-order valence-corrected chi connectivity index (χ4v) is 5.11. The number of ether oxygens (including phenoxy) is 1. The van der Waals surface area contributed by atoms with Gasteiger partial charge < -0.3 is 15.0 Å². The Kier molecular flexibility index (Phi) is 4.43. The number of nitrogens with zero attached hydrogens (tertiary/aromatic N) is 1. The normalized spacial score (nSPS) is 34.8. The molecule has 27 heavy (non-hydrogen) atoms. The van der Waals surface area contributed by atoms with Gasteiger partial charge in [-0.3, -0.25) is 9.59 Å². The van der Waals surface area contributed by atoms with Crippen molar-refractivity contribution >= 4 is 11.8 Å². The van der Waals surface area contributed by atoms with Gasteiger partial charge in [0.15, 0.2) is 0 Å². The highest BCUT2D eigenvalue weighted by Crippen LogP contribution is 2.44. The predicted octanol–water partition coefficient (Wildman–Crippen LogP) is 2.61. The lowest BCUT2D eigenvalue weighted by Gasteiger charge is -2.37. The number of fused-ring (bicyclic) bond motifs is 1. The van der Waals surface area contributed by atoms with E-state index in [1.807, 2.05) is 11.0 Å². The second-order valence-electron chi connectivity index (χ2n) is 8.75. The maximum atomic E-state index is 13.1. The summed E-state index contributed by atoms with van der Waals surface area (Å²) in [5, 5.41) is 3.09. The Balaban J connectivity index is 1.21. The smallest absolute Gasteiger partial charge is 0.243 e. The highest BCUT2D eigenvalue weighted by atomic mass is 16.5. The number of nitrogens with one attached hydrogen (secondary N) is 1. The number of hydrogen-bond donors (Lipinski definition) is 1. The van der Waals surface area contributed by atoms with Crippen molar-refractivity contribution in [3.8, 4) is 0 Å². The van der Waals surface area contributed by atoms with Crippen LogP contribution in [0.1, 0.15) is 56.4 Å². The standard InChI is InChI=1S/C22H28N2O3/c25-21(12-14-10-16(11-14)15-4-2-1-3-5-15)24-18-8-9-27-20(18)13-19(24)22(26)23-17-6-7-17/h1-5,14,16-20H,6-13H2,(H,23,26)/t14?,16?,18-,19-,20-/m0/s1. The number of carbonyl (C=O) groups is 2. The molecule has 2 saturated carbocycles. The van der Waals surface area contributed by atoms with Crippen molar-refractivity contribution in [1.29, 1.82) is 0 Å². The van der Waals surface area contributed by atoms with E-state index in [4.69, 9.17) is 4.74 Å². The first-order valence-electron chi connectivity index (χ1n) is 10.5. The van der Waals surface area contributed by atoms with Crippen molar-refractivity contribution in [2.45, 2.75) is 75.1 Å². The third-order valence-corrected chi connectivity index (χ3v) is 6.81. The van der Waals surface area contributed by atoms with Gasteiger partial charge in [-0.05, 0) is 49.5 Å². The molecule has 0 radical (unpaired) electrons. The molecule has 0 bridgehead atoms. The van der Waals surface area contributed by atoms with Crippen molar-refractivity contribution in [3.05, 3.63) is 35.9 Å². The molecule has 0 aromatic heterocycles. The van der Waals surface area contributed by atoms with E-state index < -0.39 is 0 Å². The minimum Gasteiger partial charge on any atom is -0.376 e. The molecule has 3 atom stereocenters. The molecule has 1 N–H and O–H groups in total. The second-order valence-corrected chi connectivity index (χ2v) is 8.75. The summed E-state index contributed by atoms with van der Waals surface area (Å²) in [6, 6.07) is 10.7. The molecule has 1 aromatic rings. The van der Waals surface area contributed by atoms with Crippen molar-refractivity contribution in [2.24, 2.45) is 5.92 Å². The van der Waals surface area contributed by atoms with Crippen LogP contribution in [-0.4, -0.2) is 47.6 Å². The summed E-state index contributed by atoms with van der Waals surface area (Å²) >= 11 is 0. The average Bonchev–Trinajstić information content (AvgIpc) is 3.20. The summed E-state index contributed by atoms with van der Waals surface area (Å²) in [6.07, 6.45) is 6.42. The minimum absolute atomic E-state index is 0.0274. The summed E-state index contributed by atoms with van der Waals surface area (Å²) in [6.45, 7) is 0.704. The third-order valence-electron chi connectivity index (χ3n) is 6.81. The fourth-order valence-electron chi connectivity index (χ4n) is 5.11. The monoisotopic (exact) mass is 368 g/mol.